The van der Waals surface area contributed by atoms with Crippen molar-refractivity contribution < 1.29 is 4.79 Å². The second kappa shape index (κ2) is 6.91. The number of aromatic nitrogens is 3. The molecular weight excluding hydrogens is 290 g/mol. The number of pyridine rings is 1. The molecule has 0 saturated carbocycles. The molecule has 0 spiro atoms. The van der Waals surface area contributed by atoms with Crippen LogP contribution in [0.1, 0.15) is 42.8 Å². The third-order valence-corrected chi connectivity index (χ3v) is 4.39. The molecule has 1 N–H and O–H groups in total. The van der Waals surface area contributed by atoms with E-state index in [-0.39, 0.29) is 5.91 Å². The first-order valence-electron chi connectivity index (χ1n) is 8.02. The van der Waals surface area contributed by atoms with Gasteiger partial charge in [-0.1, -0.05) is 0 Å². The van der Waals surface area contributed by atoms with Crippen LogP contribution in [-0.2, 0) is 24.9 Å². The number of rotatable bonds is 5. The molecule has 6 heteroatoms. The zero-order valence-corrected chi connectivity index (χ0v) is 13.7. The van der Waals surface area contributed by atoms with Crippen molar-refractivity contribution in [2.45, 2.75) is 38.9 Å². The van der Waals surface area contributed by atoms with Crippen molar-refractivity contribution in [3.05, 3.63) is 47.8 Å². The second-order valence-electron chi connectivity index (χ2n) is 6.11. The molecule has 2 aromatic rings. The summed E-state index contributed by atoms with van der Waals surface area (Å²) in [6, 6.07) is 4.61. The Hall–Kier alpha value is -2.21. The predicted octanol–water partition coefficient (Wildman–Crippen LogP) is 1.79. The largest absolute Gasteiger partial charge is 0.351 e. The van der Waals surface area contributed by atoms with Crippen LogP contribution in [0, 0.1) is 0 Å². The van der Waals surface area contributed by atoms with Gasteiger partial charge in [0.2, 0.25) is 5.91 Å². The van der Waals surface area contributed by atoms with Crippen molar-refractivity contribution in [2.24, 2.45) is 7.05 Å². The number of likely N-dealkylation sites (tertiary alicyclic amines) is 1. The maximum atomic E-state index is 11.1. The lowest BCUT2D eigenvalue weighted by Gasteiger charge is -2.25. The van der Waals surface area contributed by atoms with E-state index in [4.69, 9.17) is 0 Å². The van der Waals surface area contributed by atoms with Crippen LogP contribution in [0.15, 0.2) is 30.9 Å². The van der Waals surface area contributed by atoms with E-state index in [1.54, 1.807) is 0 Å². The molecule has 1 aliphatic rings. The fraction of sp³-hybridized carbons (Fsp3) is 0.471. The molecule has 0 aliphatic carbocycles. The highest BCUT2D eigenvalue weighted by Gasteiger charge is 2.26. The van der Waals surface area contributed by atoms with E-state index in [0.29, 0.717) is 12.6 Å². The van der Waals surface area contributed by atoms with Crippen LogP contribution in [-0.4, -0.2) is 31.9 Å². The van der Waals surface area contributed by atoms with Crippen molar-refractivity contribution in [2.75, 3.05) is 6.54 Å². The van der Waals surface area contributed by atoms with Crippen LogP contribution in [0.4, 0.5) is 0 Å². The summed E-state index contributed by atoms with van der Waals surface area (Å²) < 4.78 is 2.07. The molecule has 3 heterocycles. The summed E-state index contributed by atoms with van der Waals surface area (Å²) in [4.78, 5) is 22.1. The SMILES string of the molecule is CC(=O)NCc1cc([C@H]2CCCN2Cc2cncn2C)ccn1. The second-order valence-corrected chi connectivity index (χ2v) is 6.11. The first-order valence-corrected chi connectivity index (χ1v) is 8.02. The van der Waals surface area contributed by atoms with E-state index in [1.165, 1.54) is 24.6 Å². The Morgan fingerprint density at radius 3 is 3.09 bits per heavy atom. The predicted molar refractivity (Wildman–Crippen MR) is 87.4 cm³/mol. The lowest BCUT2D eigenvalue weighted by atomic mass is 10.0. The van der Waals surface area contributed by atoms with E-state index in [9.17, 15) is 4.79 Å². The molecule has 1 amide bonds. The number of imidazole rings is 1. The van der Waals surface area contributed by atoms with Gasteiger partial charge in [0.15, 0.2) is 0 Å². The average molecular weight is 313 g/mol. The summed E-state index contributed by atoms with van der Waals surface area (Å²) in [6.07, 6.45) is 7.98. The molecule has 1 aliphatic heterocycles. The van der Waals surface area contributed by atoms with Crippen LogP contribution >= 0.6 is 0 Å². The Morgan fingerprint density at radius 1 is 1.48 bits per heavy atom. The standard InChI is InChI=1S/C17H23N5O/c1-13(23)20-9-15-8-14(5-6-19-15)17-4-3-7-22(17)11-16-10-18-12-21(16)2/h5-6,8,10,12,17H,3-4,7,9,11H2,1-2H3,(H,20,23)/t17-/m1/s1. The van der Waals surface area contributed by atoms with Gasteiger partial charge in [-0.05, 0) is 37.1 Å². The maximum Gasteiger partial charge on any atom is 0.217 e. The highest BCUT2D eigenvalue weighted by Crippen LogP contribution is 2.33. The maximum absolute atomic E-state index is 11.1. The summed E-state index contributed by atoms with van der Waals surface area (Å²) in [5.41, 5.74) is 3.41. The molecule has 0 radical (unpaired) electrons. The van der Waals surface area contributed by atoms with E-state index in [2.05, 4.69) is 36.9 Å². The molecule has 122 valence electrons. The van der Waals surface area contributed by atoms with Crippen LogP contribution in [0.3, 0.4) is 0 Å². The fourth-order valence-corrected chi connectivity index (χ4v) is 3.15. The smallest absolute Gasteiger partial charge is 0.217 e. The number of hydrogen-bond acceptors (Lipinski definition) is 4. The molecule has 6 nitrogen and oxygen atoms in total. The van der Waals surface area contributed by atoms with Gasteiger partial charge in [0.05, 0.1) is 24.3 Å². The molecule has 1 fully saturated rings. The molecule has 2 aromatic heterocycles. The quantitative estimate of drug-likeness (QED) is 0.914. The zero-order valence-electron chi connectivity index (χ0n) is 13.7. The number of nitrogens with one attached hydrogen (secondary N) is 1. The minimum absolute atomic E-state index is 0.0316. The van der Waals surface area contributed by atoms with Crippen LogP contribution in [0.25, 0.3) is 0 Å². The summed E-state index contributed by atoms with van der Waals surface area (Å²) in [7, 11) is 2.03. The lowest BCUT2D eigenvalue weighted by molar-refractivity contribution is -0.119. The van der Waals surface area contributed by atoms with Gasteiger partial charge in [-0.3, -0.25) is 14.7 Å². The Morgan fingerprint density at radius 2 is 2.35 bits per heavy atom. The number of hydrogen-bond donors (Lipinski definition) is 1. The number of amides is 1. The summed E-state index contributed by atoms with van der Waals surface area (Å²) >= 11 is 0. The molecule has 1 atom stereocenters. The summed E-state index contributed by atoms with van der Waals surface area (Å²) in [5, 5.41) is 2.81. The number of nitrogens with zero attached hydrogens (tertiary/aromatic N) is 4. The normalized spacial score (nSPS) is 18.3. The molecular formula is C17H23N5O. The molecule has 1 saturated heterocycles. The third-order valence-electron chi connectivity index (χ3n) is 4.39. The van der Waals surface area contributed by atoms with Gasteiger partial charge < -0.3 is 9.88 Å². The zero-order chi connectivity index (χ0) is 16.2. The van der Waals surface area contributed by atoms with Crippen molar-refractivity contribution in [1.82, 2.24) is 24.8 Å². The Balaban J connectivity index is 1.73. The molecule has 23 heavy (non-hydrogen) atoms. The Kier molecular flexibility index (Phi) is 4.71. The number of aryl methyl sites for hydroxylation is 1. The highest BCUT2D eigenvalue weighted by molar-refractivity contribution is 5.72. The third kappa shape index (κ3) is 3.76. The first-order chi connectivity index (χ1) is 11.1. The van der Waals surface area contributed by atoms with Gasteiger partial charge in [-0.2, -0.15) is 0 Å². The van der Waals surface area contributed by atoms with Crippen LogP contribution in [0.5, 0.6) is 0 Å². The molecule has 0 unspecified atom stereocenters. The summed E-state index contributed by atoms with van der Waals surface area (Å²) in [5.74, 6) is -0.0316. The minimum atomic E-state index is -0.0316. The van der Waals surface area contributed by atoms with Gasteiger partial charge in [-0.25, -0.2) is 4.98 Å². The molecule has 0 bridgehead atoms. The van der Waals surface area contributed by atoms with Crippen LogP contribution < -0.4 is 5.32 Å². The monoisotopic (exact) mass is 313 g/mol. The molecule has 3 rings (SSSR count). The van der Waals surface area contributed by atoms with Crippen molar-refractivity contribution >= 4 is 5.91 Å². The van der Waals surface area contributed by atoms with E-state index >= 15 is 0 Å². The van der Waals surface area contributed by atoms with Crippen molar-refractivity contribution in [3.63, 3.8) is 0 Å². The van der Waals surface area contributed by atoms with E-state index in [1.807, 2.05) is 25.8 Å². The highest BCUT2D eigenvalue weighted by atomic mass is 16.1. The van der Waals surface area contributed by atoms with Gasteiger partial charge >= 0.3 is 0 Å². The number of carbonyl (C=O) groups excluding carboxylic acids is 1. The van der Waals surface area contributed by atoms with Crippen molar-refractivity contribution in [3.8, 4) is 0 Å². The minimum Gasteiger partial charge on any atom is -0.351 e. The van der Waals surface area contributed by atoms with Gasteiger partial charge in [0.1, 0.15) is 0 Å². The average Bonchev–Trinajstić information content (AvgIpc) is 3.16. The van der Waals surface area contributed by atoms with Gasteiger partial charge in [0, 0.05) is 39.0 Å². The van der Waals surface area contributed by atoms with Crippen molar-refractivity contribution in [1.29, 1.82) is 0 Å². The van der Waals surface area contributed by atoms with Gasteiger partial charge in [0.25, 0.3) is 0 Å². The van der Waals surface area contributed by atoms with Crippen LogP contribution in [0.2, 0.25) is 0 Å². The lowest BCUT2D eigenvalue weighted by Crippen LogP contribution is -2.24. The van der Waals surface area contributed by atoms with E-state index < -0.39 is 0 Å². The molecule has 0 aromatic carbocycles. The first kappa shape index (κ1) is 15.7. The number of carbonyl (C=O) groups is 1. The van der Waals surface area contributed by atoms with E-state index in [0.717, 1.165) is 25.2 Å². The Labute approximate surface area is 136 Å². The fourth-order valence-electron chi connectivity index (χ4n) is 3.15. The van der Waals surface area contributed by atoms with Gasteiger partial charge in [-0.15, -0.1) is 0 Å². The summed E-state index contributed by atoms with van der Waals surface area (Å²) in [6.45, 7) is 4.01. The Bertz CT molecular complexity index is 681. The topological polar surface area (TPSA) is 63.1 Å².